The van der Waals surface area contributed by atoms with Crippen LogP contribution >= 0.6 is 0 Å². The number of azide groups is 1. The first kappa shape index (κ1) is 16.1. The monoisotopic (exact) mass is 284 g/mol. The van der Waals surface area contributed by atoms with Gasteiger partial charge in [-0.05, 0) is 39.6 Å². The van der Waals surface area contributed by atoms with Gasteiger partial charge < -0.3 is 9.47 Å². The molecule has 0 radical (unpaired) electrons. The van der Waals surface area contributed by atoms with Gasteiger partial charge in [-0.2, -0.15) is 0 Å². The standard InChI is InChI=1S/C12H20N4O4/c1-5-19-10(17)9-8(14-15-13)6-7-16(9)11(18)20-12(2,3)4/h8-9H,5-7H2,1-4H3. The summed E-state index contributed by atoms with van der Waals surface area (Å²) in [5.74, 6) is -0.576. The summed E-state index contributed by atoms with van der Waals surface area (Å²) in [5.41, 5.74) is 7.88. The third-order valence-electron chi connectivity index (χ3n) is 2.72. The molecule has 0 aromatic rings. The molecule has 1 heterocycles. The maximum absolute atomic E-state index is 12.1. The third kappa shape index (κ3) is 4.03. The van der Waals surface area contributed by atoms with Gasteiger partial charge in [-0.25, -0.2) is 9.59 Å². The molecule has 2 unspecified atom stereocenters. The minimum Gasteiger partial charge on any atom is -0.464 e. The van der Waals surface area contributed by atoms with Crippen LogP contribution in [0.2, 0.25) is 0 Å². The molecule has 0 aromatic carbocycles. The molecule has 1 amide bonds. The Kier molecular flexibility index (Phi) is 5.21. The Bertz CT molecular complexity index is 426. The van der Waals surface area contributed by atoms with E-state index >= 15 is 0 Å². The highest BCUT2D eigenvalue weighted by molar-refractivity contribution is 5.83. The zero-order valence-electron chi connectivity index (χ0n) is 12.2. The number of hydrogen-bond donors (Lipinski definition) is 0. The lowest BCUT2D eigenvalue weighted by atomic mass is 10.1. The van der Waals surface area contributed by atoms with Crippen molar-refractivity contribution in [1.82, 2.24) is 4.90 Å². The van der Waals surface area contributed by atoms with Crippen LogP contribution in [0.3, 0.4) is 0 Å². The van der Waals surface area contributed by atoms with Crippen molar-refractivity contribution < 1.29 is 19.1 Å². The van der Waals surface area contributed by atoms with Crippen LogP contribution in [0.1, 0.15) is 34.1 Å². The number of carbonyl (C=O) groups is 2. The Morgan fingerprint density at radius 1 is 1.45 bits per heavy atom. The van der Waals surface area contributed by atoms with Crippen LogP contribution in [-0.4, -0.2) is 47.8 Å². The largest absolute Gasteiger partial charge is 0.464 e. The molecule has 0 bridgehead atoms. The molecule has 20 heavy (non-hydrogen) atoms. The predicted octanol–water partition coefficient (Wildman–Crippen LogP) is 2.24. The first-order valence-corrected chi connectivity index (χ1v) is 6.50. The molecule has 8 nitrogen and oxygen atoms in total. The molecule has 112 valence electrons. The summed E-state index contributed by atoms with van der Waals surface area (Å²) in [6.07, 6.45) is -0.196. The van der Waals surface area contributed by atoms with E-state index in [-0.39, 0.29) is 6.61 Å². The smallest absolute Gasteiger partial charge is 0.411 e. The van der Waals surface area contributed by atoms with Gasteiger partial charge in [0.05, 0.1) is 12.6 Å². The lowest BCUT2D eigenvalue weighted by Gasteiger charge is -2.28. The maximum atomic E-state index is 12.1. The van der Waals surface area contributed by atoms with Crippen molar-refractivity contribution in [2.24, 2.45) is 5.11 Å². The molecule has 0 N–H and O–H groups in total. The highest BCUT2D eigenvalue weighted by Crippen LogP contribution is 2.25. The average Bonchev–Trinajstić information content (AvgIpc) is 2.71. The average molecular weight is 284 g/mol. The fourth-order valence-electron chi connectivity index (χ4n) is 2.00. The third-order valence-corrected chi connectivity index (χ3v) is 2.72. The highest BCUT2D eigenvalue weighted by Gasteiger charge is 2.44. The molecule has 0 aliphatic carbocycles. The maximum Gasteiger partial charge on any atom is 0.411 e. The number of carbonyl (C=O) groups excluding carboxylic acids is 2. The SMILES string of the molecule is CCOC(=O)C1C(N=[N+]=[N-])CCN1C(=O)OC(C)(C)C. The Morgan fingerprint density at radius 3 is 2.60 bits per heavy atom. The molecule has 1 aliphatic heterocycles. The van der Waals surface area contributed by atoms with Gasteiger partial charge in [0, 0.05) is 11.5 Å². The summed E-state index contributed by atoms with van der Waals surface area (Å²) >= 11 is 0. The van der Waals surface area contributed by atoms with Crippen molar-refractivity contribution >= 4 is 12.1 Å². The summed E-state index contributed by atoms with van der Waals surface area (Å²) in [4.78, 5) is 28.0. The molecule has 1 aliphatic rings. The molecule has 1 rings (SSSR count). The van der Waals surface area contributed by atoms with Crippen molar-refractivity contribution in [2.75, 3.05) is 13.2 Å². The van der Waals surface area contributed by atoms with Crippen LogP contribution < -0.4 is 0 Å². The van der Waals surface area contributed by atoms with Gasteiger partial charge in [0.1, 0.15) is 11.6 Å². The zero-order chi connectivity index (χ0) is 15.3. The second kappa shape index (κ2) is 6.47. The van der Waals surface area contributed by atoms with E-state index in [1.165, 1.54) is 4.90 Å². The van der Waals surface area contributed by atoms with Crippen molar-refractivity contribution in [1.29, 1.82) is 0 Å². The molecule has 1 fully saturated rings. The summed E-state index contributed by atoms with van der Waals surface area (Å²) in [6, 6.07) is -1.53. The minimum atomic E-state index is -0.916. The van der Waals surface area contributed by atoms with Crippen molar-refractivity contribution in [3.8, 4) is 0 Å². The Balaban J connectivity index is 2.91. The first-order chi connectivity index (χ1) is 9.30. The molecular formula is C12H20N4O4. The Morgan fingerprint density at radius 2 is 2.10 bits per heavy atom. The summed E-state index contributed by atoms with van der Waals surface area (Å²) in [5, 5.41) is 3.57. The van der Waals surface area contributed by atoms with Gasteiger partial charge in [0.25, 0.3) is 0 Å². The van der Waals surface area contributed by atoms with Gasteiger partial charge in [-0.1, -0.05) is 5.11 Å². The van der Waals surface area contributed by atoms with E-state index in [1.54, 1.807) is 27.7 Å². The van der Waals surface area contributed by atoms with E-state index in [0.717, 1.165) is 0 Å². The predicted molar refractivity (Wildman–Crippen MR) is 70.9 cm³/mol. The molecular weight excluding hydrogens is 264 g/mol. The van der Waals surface area contributed by atoms with Gasteiger partial charge in [-0.15, -0.1) is 0 Å². The Hall–Kier alpha value is -1.95. The Labute approximate surface area is 117 Å². The topological polar surface area (TPSA) is 105 Å². The van der Waals surface area contributed by atoms with Gasteiger partial charge in [0.15, 0.2) is 0 Å². The summed E-state index contributed by atoms with van der Waals surface area (Å²) in [6.45, 7) is 7.39. The van der Waals surface area contributed by atoms with Gasteiger partial charge in [0.2, 0.25) is 0 Å². The normalized spacial score (nSPS) is 22.1. The van der Waals surface area contributed by atoms with Gasteiger partial charge in [-0.3, -0.25) is 4.90 Å². The number of esters is 1. The number of nitrogens with zero attached hydrogens (tertiary/aromatic N) is 4. The second-order valence-electron chi connectivity index (χ2n) is 5.43. The van der Waals surface area contributed by atoms with Crippen LogP contribution in [0.25, 0.3) is 10.4 Å². The van der Waals surface area contributed by atoms with Crippen LogP contribution in [0.15, 0.2) is 5.11 Å². The number of ether oxygens (including phenoxy) is 2. The summed E-state index contributed by atoms with van der Waals surface area (Å²) in [7, 11) is 0. The van der Waals surface area contributed by atoms with Crippen LogP contribution in [0.5, 0.6) is 0 Å². The molecule has 2 atom stereocenters. The van der Waals surface area contributed by atoms with Crippen LogP contribution in [0.4, 0.5) is 4.79 Å². The molecule has 1 saturated heterocycles. The highest BCUT2D eigenvalue weighted by atomic mass is 16.6. The lowest BCUT2D eigenvalue weighted by molar-refractivity contribution is -0.148. The summed E-state index contributed by atoms with van der Waals surface area (Å²) < 4.78 is 10.2. The van der Waals surface area contributed by atoms with E-state index < -0.39 is 29.7 Å². The van der Waals surface area contributed by atoms with Crippen LogP contribution in [0, 0.1) is 0 Å². The first-order valence-electron chi connectivity index (χ1n) is 6.50. The number of hydrogen-bond acceptors (Lipinski definition) is 5. The van der Waals surface area contributed by atoms with E-state index in [2.05, 4.69) is 10.0 Å². The van der Waals surface area contributed by atoms with Crippen molar-refractivity contribution in [3.05, 3.63) is 10.4 Å². The van der Waals surface area contributed by atoms with E-state index in [1.807, 2.05) is 0 Å². The number of rotatable bonds is 3. The molecule has 8 heteroatoms. The fraction of sp³-hybridized carbons (Fsp3) is 0.833. The number of likely N-dealkylation sites (tertiary alicyclic amines) is 1. The lowest BCUT2D eigenvalue weighted by Crippen LogP contribution is -2.47. The number of amides is 1. The molecule has 0 spiro atoms. The van der Waals surface area contributed by atoms with E-state index in [4.69, 9.17) is 15.0 Å². The second-order valence-corrected chi connectivity index (χ2v) is 5.43. The zero-order valence-corrected chi connectivity index (χ0v) is 12.2. The van der Waals surface area contributed by atoms with Crippen molar-refractivity contribution in [2.45, 2.75) is 51.8 Å². The van der Waals surface area contributed by atoms with E-state index in [0.29, 0.717) is 13.0 Å². The quantitative estimate of drug-likeness (QED) is 0.343. The van der Waals surface area contributed by atoms with E-state index in [9.17, 15) is 9.59 Å². The molecule has 0 saturated carbocycles. The van der Waals surface area contributed by atoms with Gasteiger partial charge >= 0.3 is 12.1 Å². The molecule has 0 aromatic heterocycles. The van der Waals surface area contributed by atoms with Crippen LogP contribution in [-0.2, 0) is 14.3 Å². The fourth-order valence-corrected chi connectivity index (χ4v) is 2.00. The van der Waals surface area contributed by atoms with Crippen molar-refractivity contribution in [3.63, 3.8) is 0 Å². The minimum absolute atomic E-state index is 0.195.